The van der Waals surface area contributed by atoms with Gasteiger partial charge in [-0.1, -0.05) is 18.5 Å². The second kappa shape index (κ2) is 9.83. The zero-order chi connectivity index (χ0) is 22.8. The van der Waals surface area contributed by atoms with Crippen molar-refractivity contribution in [3.8, 4) is 0 Å². The summed E-state index contributed by atoms with van der Waals surface area (Å²) < 4.78 is 32.1. The molecule has 1 aliphatic heterocycles. The minimum Gasteiger partial charge on any atom is -0.465 e. The van der Waals surface area contributed by atoms with E-state index in [-0.39, 0.29) is 4.90 Å². The minimum atomic E-state index is -3.59. The predicted molar refractivity (Wildman–Crippen MR) is 128 cm³/mol. The van der Waals surface area contributed by atoms with E-state index in [0.717, 1.165) is 10.4 Å². The first-order valence-corrected chi connectivity index (χ1v) is 12.8. The van der Waals surface area contributed by atoms with Crippen molar-refractivity contribution in [1.82, 2.24) is 9.21 Å². The van der Waals surface area contributed by atoms with Crippen LogP contribution < -0.4 is 5.32 Å². The Bertz CT molecular complexity index is 1080. The molecule has 168 valence electrons. The monoisotopic (exact) mass is 501 g/mol. The summed E-state index contributed by atoms with van der Waals surface area (Å²) in [5, 5.41) is 4.77. The van der Waals surface area contributed by atoms with Gasteiger partial charge in [-0.3, -0.25) is 0 Å². The Kier molecular flexibility index (Phi) is 7.59. The van der Waals surface area contributed by atoms with Crippen molar-refractivity contribution in [1.29, 1.82) is 0 Å². The van der Waals surface area contributed by atoms with Crippen LogP contribution in [0.2, 0.25) is 5.02 Å². The predicted octanol–water partition coefficient (Wildman–Crippen LogP) is 3.76. The van der Waals surface area contributed by atoms with Crippen molar-refractivity contribution in [2.75, 3.05) is 38.6 Å². The number of halogens is 1. The fourth-order valence-corrected chi connectivity index (χ4v) is 6.50. The molecule has 11 heteroatoms. The second-order valence-electron chi connectivity index (χ2n) is 6.96. The highest BCUT2D eigenvalue weighted by Gasteiger charge is 2.30. The summed E-state index contributed by atoms with van der Waals surface area (Å²) in [7, 11) is -2.23. The van der Waals surface area contributed by atoms with E-state index in [1.165, 1.54) is 34.9 Å². The van der Waals surface area contributed by atoms with Gasteiger partial charge in [0.05, 0.1) is 17.6 Å². The zero-order valence-corrected chi connectivity index (χ0v) is 20.7. The average Bonchev–Trinajstić information content (AvgIpc) is 3.08. The van der Waals surface area contributed by atoms with Crippen LogP contribution in [-0.2, 0) is 21.2 Å². The molecule has 0 bridgehead atoms. The van der Waals surface area contributed by atoms with Crippen molar-refractivity contribution in [2.24, 2.45) is 0 Å². The van der Waals surface area contributed by atoms with Gasteiger partial charge in [0.15, 0.2) is 5.11 Å². The Hall–Kier alpha value is -1.72. The number of thiocarbonyl (C=S) groups is 1. The molecule has 0 aliphatic carbocycles. The van der Waals surface area contributed by atoms with E-state index in [1.807, 2.05) is 18.7 Å². The van der Waals surface area contributed by atoms with Gasteiger partial charge in [0.25, 0.3) is 0 Å². The molecule has 7 nitrogen and oxygen atoms in total. The lowest BCUT2D eigenvalue weighted by Gasteiger charge is -2.35. The Morgan fingerprint density at radius 1 is 1.23 bits per heavy atom. The number of aryl methyl sites for hydroxylation is 1. The fraction of sp³-hybridized carbons (Fsp3) is 0.400. The topological polar surface area (TPSA) is 79.0 Å². The summed E-state index contributed by atoms with van der Waals surface area (Å²) in [5.74, 6) is -0.398. The molecule has 1 aromatic heterocycles. The third kappa shape index (κ3) is 5.04. The lowest BCUT2D eigenvalue weighted by atomic mass is 10.1. The van der Waals surface area contributed by atoms with Gasteiger partial charge in [-0.15, -0.1) is 11.3 Å². The van der Waals surface area contributed by atoms with Gasteiger partial charge in [0.1, 0.15) is 5.00 Å². The number of methoxy groups -OCH3 is 1. The number of ether oxygens (including phenoxy) is 1. The number of hydrogen-bond acceptors (Lipinski definition) is 6. The first kappa shape index (κ1) is 23.9. The van der Waals surface area contributed by atoms with Crippen LogP contribution in [0.1, 0.15) is 27.7 Å². The molecule has 0 amide bonds. The van der Waals surface area contributed by atoms with Crippen LogP contribution in [0.15, 0.2) is 29.2 Å². The molecule has 1 N–H and O–H groups in total. The van der Waals surface area contributed by atoms with Gasteiger partial charge < -0.3 is 15.0 Å². The van der Waals surface area contributed by atoms with Crippen LogP contribution in [0.25, 0.3) is 0 Å². The molecular formula is C20H24ClN3O4S3. The lowest BCUT2D eigenvalue weighted by molar-refractivity contribution is 0.0601. The molecule has 0 radical (unpaired) electrons. The number of hydrogen-bond donors (Lipinski definition) is 1. The quantitative estimate of drug-likeness (QED) is 0.493. The molecule has 1 fully saturated rings. The normalized spacial score (nSPS) is 15.0. The standard InChI is InChI=1S/C20H24ClN3O4S3/c1-4-16-13(2)30-18(17(16)19(25)28-3)22-20(29)23-9-11-24(12-10-23)31(26,27)15-7-5-14(21)6-8-15/h5-8H,4,9-12H2,1-3H3,(H,22,29). The van der Waals surface area contributed by atoms with E-state index >= 15 is 0 Å². The van der Waals surface area contributed by atoms with Gasteiger partial charge in [0, 0.05) is 36.1 Å². The first-order valence-electron chi connectivity index (χ1n) is 9.71. The number of anilines is 1. The number of esters is 1. The van der Waals surface area contributed by atoms with Gasteiger partial charge in [-0.2, -0.15) is 4.31 Å². The maximum atomic E-state index is 12.9. The largest absolute Gasteiger partial charge is 0.465 e. The summed E-state index contributed by atoms with van der Waals surface area (Å²) in [4.78, 5) is 15.5. The van der Waals surface area contributed by atoms with Gasteiger partial charge in [0.2, 0.25) is 10.0 Å². The molecule has 1 saturated heterocycles. The number of nitrogens with one attached hydrogen (secondary N) is 1. The third-order valence-electron chi connectivity index (χ3n) is 5.15. The number of rotatable bonds is 5. The maximum absolute atomic E-state index is 12.9. The Labute approximate surface area is 197 Å². The first-order chi connectivity index (χ1) is 14.7. The van der Waals surface area contributed by atoms with Gasteiger partial charge >= 0.3 is 5.97 Å². The number of nitrogens with zero attached hydrogens (tertiary/aromatic N) is 2. The average molecular weight is 502 g/mol. The van der Waals surface area contributed by atoms with Crippen LogP contribution in [0, 0.1) is 6.92 Å². The fourth-order valence-electron chi connectivity index (χ4n) is 3.47. The lowest BCUT2D eigenvalue weighted by Crippen LogP contribution is -2.51. The van der Waals surface area contributed by atoms with E-state index in [2.05, 4.69) is 5.32 Å². The molecule has 31 heavy (non-hydrogen) atoms. The maximum Gasteiger partial charge on any atom is 0.341 e. The summed E-state index contributed by atoms with van der Waals surface area (Å²) in [6.45, 7) is 5.45. The number of piperazine rings is 1. The molecule has 0 spiro atoms. The summed E-state index contributed by atoms with van der Waals surface area (Å²) in [5.41, 5.74) is 1.46. The molecule has 3 rings (SSSR count). The molecule has 0 unspecified atom stereocenters. The van der Waals surface area contributed by atoms with Gasteiger partial charge in [-0.05, 0) is 55.4 Å². The summed E-state index contributed by atoms with van der Waals surface area (Å²) in [6, 6.07) is 6.15. The SMILES string of the molecule is CCc1c(C)sc(NC(=S)N2CCN(S(=O)(=O)c3ccc(Cl)cc3)CC2)c1C(=O)OC. The smallest absolute Gasteiger partial charge is 0.341 e. The Morgan fingerprint density at radius 2 is 1.84 bits per heavy atom. The molecule has 2 aromatic rings. The van der Waals surface area contributed by atoms with Crippen molar-refractivity contribution in [3.63, 3.8) is 0 Å². The number of carbonyl (C=O) groups is 1. The third-order valence-corrected chi connectivity index (χ3v) is 8.74. The summed E-state index contributed by atoms with van der Waals surface area (Å²) >= 11 is 12.9. The molecule has 1 aliphatic rings. The number of benzene rings is 1. The molecular weight excluding hydrogens is 478 g/mol. The molecule has 1 aromatic carbocycles. The zero-order valence-electron chi connectivity index (χ0n) is 17.5. The van der Waals surface area contributed by atoms with Crippen LogP contribution in [-0.4, -0.2) is 62.0 Å². The van der Waals surface area contributed by atoms with Crippen LogP contribution in [0.5, 0.6) is 0 Å². The van der Waals surface area contributed by atoms with Crippen LogP contribution in [0.4, 0.5) is 5.00 Å². The Balaban J connectivity index is 1.69. The second-order valence-corrected chi connectivity index (χ2v) is 10.9. The molecule has 0 atom stereocenters. The van der Waals surface area contributed by atoms with Gasteiger partial charge in [-0.25, -0.2) is 13.2 Å². The minimum absolute atomic E-state index is 0.218. The highest BCUT2D eigenvalue weighted by molar-refractivity contribution is 7.89. The van der Waals surface area contributed by atoms with Crippen LogP contribution in [0.3, 0.4) is 0 Å². The number of carbonyl (C=O) groups excluding carboxylic acids is 1. The van der Waals surface area contributed by atoms with Crippen molar-refractivity contribution < 1.29 is 17.9 Å². The number of thiophene rings is 1. The van der Waals surface area contributed by atoms with E-state index in [4.69, 9.17) is 28.6 Å². The Morgan fingerprint density at radius 3 is 2.39 bits per heavy atom. The van der Waals surface area contributed by atoms with E-state index < -0.39 is 16.0 Å². The van der Waals surface area contributed by atoms with Crippen molar-refractivity contribution >= 4 is 61.3 Å². The van der Waals surface area contributed by atoms with E-state index in [9.17, 15) is 13.2 Å². The van der Waals surface area contributed by atoms with E-state index in [1.54, 1.807) is 12.1 Å². The van der Waals surface area contributed by atoms with Crippen molar-refractivity contribution in [3.05, 3.63) is 45.3 Å². The van der Waals surface area contributed by atoms with Crippen molar-refractivity contribution in [2.45, 2.75) is 25.2 Å². The number of sulfonamides is 1. The molecule has 2 heterocycles. The molecule has 0 saturated carbocycles. The highest BCUT2D eigenvalue weighted by Crippen LogP contribution is 2.34. The summed E-state index contributed by atoms with van der Waals surface area (Å²) in [6.07, 6.45) is 0.711. The van der Waals surface area contributed by atoms with E-state index in [0.29, 0.717) is 53.3 Å². The van der Waals surface area contributed by atoms with Crippen LogP contribution >= 0.6 is 35.2 Å². The highest BCUT2D eigenvalue weighted by atomic mass is 35.5.